The van der Waals surface area contributed by atoms with E-state index in [1.165, 1.54) is 18.2 Å². The van der Waals surface area contributed by atoms with Crippen LogP contribution >= 0.6 is 0 Å². The van der Waals surface area contributed by atoms with Gasteiger partial charge in [0, 0.05) is 6.54 Å². The first-order chi connectivity index (χ1) is 12.0. The molecule has 2 N–H and O–H groups in total. The molecule has 0 aliphatic carbocycles. The lowest BCUT2D eigenvalue weighted by Crippen LogP contribution is -2.41. The Kier molecular flexibility index (Phi) is 6.51. The van der Waals surface area contributed by atoms with Crippen LogP contribution in [0.2, 0.25) is 0 Å². The van der Waals surface area contributed by atoms with E-state index in [4.69, 9.17) is 4.74 Å². The number of aliphatic carboxylic acids is 1. The Hall–Kier alpha value is -2.89. The number of carboxylic acids is 1. The number of amides is 1. The van der Waals surface area contributed by atoms with Crippen LogP contribution in [0.3, 0.4) is 0 Å². The molecule has 2 aromatic carbocycles. The first-order valence-electron chi connectivity index (χ1n) is 7.99. The average molecular weight is 345 g/mol. The molecule has 2 rings (SSSR count). The second-order valence-corrected chi connectivity index (χ2v) is 5.49. The minimum absolute atomic E-state index is 0.0117. The lowest BCUT2D eigenvalue weighted by atomic mass is 9.99. The summed E-state index contributed by atoms with van der Waals surface area (Å²) in [6, 6.07) is 14.5. The van der Waals surface area contributed by atoms with E-state index in [0.717, 1.165) is 0 Å². The van der Waals surface area contributed by atoms with Crippen molar-refractivity contribution in [1.29, 1.82) is 0 Å². The van der Waals surface area contributed by atoms with Gasteiger partial charge in [-0.15, -0.1) is 0 Å². The molecule has 1 amide bonds. The molecule has 132 valence electrons. The maximum absolute atomic E-state index is 13.7. The summed E-state index contributed by atoms with van der Waals surface area (Å²) < 4.78 is 19.1. The fourth-order valence-corrected chi connectivity index (χ4v) is 2.37. The summed E-state index contributed by atoms with van der Waals surface area (Å²) in [5.74, 6) is -2.94. The van der Waals surface area contributed by atoms with E-state index in [1.807, 2.05) is 0 Å². The number of carbonyl (C=O) groups excluding carboxylic acids is 1. The van der Waals surface area contributed by atoms with E-state index in [1.54, 1.807) is 43.3 Å². The van der Waals surface area contributed by atoms with Gasteiger partial charge < -0.3 is 15.2 Å². The average Bonchev–Trinajstić information content (AvgIpc) is 2.61. The van der Waals surface area contributed by atoms with Crippen molar-refractivity contribution in [3.63, 3.8) is 0 Å². The smallest absolute Gasteiger partial charge is 0.312 e. The van der Waals surface area contributed by atoms with Gasteiger partial charge in [-0.1, -0.05) is 49.4 Å². The number of ether oxygens (including phenoxy) is 1. The number of halogens is 1. The molecule has 25 heavy (non-hydrogen) atoms. The van der Waals surface area contributed by atoms with Crippen molar-refractivity contribution in [2.75, 3.05) is 6.54 Å². The summed E-state index contributed by atoms with van der Waals surface area (Å²) >= 11 is 0. The lowest BCUT2D eigenvalue weighted by molar-refractivity contribution is -0.139. The van der Waals surface area contributed by atoms with Crippen LogP contribution < -0.4 is 10.1 Å². The quantitative estimate of drug-likeness (QED) is 0.771. The predicted molar refractivity (Wildman–Crippen MR) is 90.9 cm³/mol. The van der Waals surface area contributed by atoms with Crippen LogP contribution in [0.5, 0.6) is 5.75 Å². The summed E-state index contributed by atoms with van der Waals surface area (Å²) in [6.45, 7) is 1.66. The Morgan fingerprint density at radius 3 is 2.36 bits per heavy atom. The zero-order valence-electron chi connectivity index (χ0n) is 13.8. The molecule has 2 atom stereocenters. The molecule has 0 aliphatic heterocycles. The lowest BCUT2D eigenvalue weighted by Gasteiger charge is -2.19. The van der Waals surface area contributed by atoms with Crippen molar-refractivity contribution in [3.8, 4) is 5.75 Å². The SMILES string of the molecule is CCC(Oc1ccccc1F)C(=O)NCC(C(=O)O)c1ccccc1. The molecular formula is C19H20FNO4. The van der Waals surface area contributed by atoms with Crippen molar-refractivity contribution in [1.82, 2.24) is 5.32 Å². The monoisotopic (exact) mass is 345 g/mol. The van der Waals surface area contributed by atoms with Gasteiger partial charge in [0.2, 0.25) is 0 Å². The van der Waals surface area contributed by atoms with Crippen LogP contribution in [0.1, 0.15) is 24.8 Å². The number of nitrogens with one attached hydrogen (secondary N) is 1. The maximum atomic E-state index is 13.7. The minimum atomic E-state index is -1.03. The third-order valence-electron chi connectivity index (χ3n) is 3.75. The molecule has 0 bridgehead atoms. The van der Waals surface area contributed by atoms with Crippen LogP contribution in [0.15, 0.2) is 54.6 Å². The second kappa shape index (κ2) is 8.82. The Balaban J connectivity index is 2.01. The van der Waals surface area contributed by atoms with E-state index in [2.05, 4.69) is 5.32 Å². The second-order valence-electron chi connectivity index (χ2n) is 5.49. The Morgan fingerprint density at radius 1 is 1.12 bits per heavy atom. The molecule has 5 nitrogen and oxygen atoms in total. The summed E-state index contributed by atoms with van der Waals surface area (Å²) in [5.41, 5.74) is 0.596. The van der Waals surface area contributed by atoms with E-state index < -0.39 is 29.7 Å². The van der Waals surface area contributed by atoms with E-state index >= 15 is 0 Å². The van der Waals surface area contributed by atoms with Gasteiger partial charge in [-0.05, 0) is 24.1 Å². The summed E-state index contributed by atoms with van der Waals surface area (Å²) in [4.78, 5) is 23.8. The Labute approximate surface area is 145 Å². The Morgan fingerprint density at radius 2 is 1.76 bits per heavy atom. The summed E-state index contributed by atoms with van der Waals surface area (Å²) in [7, 11) is 0. The molecule has 0 aromatic heterocycles. The molecule has 0 radical (unpaired) electrons. The predicted octanol–water partition coefficient (Wildman–Crippen LogP) is 2.97. The first-order valence-corrected chi connectivity index (χ1v) is 7.99. The highest BCUT2D eigenvalue weighted by Crippen LogP contribution is 2.19. The number of carboxylic acid groups (broad SMARTS) is 1. The van der Waals surface area contributed by atoms with Gasteiger partial charge >= 0.3 is 5.97 Å². The van der Waals surface area contributed by atoms with Crippen LogP contribution in [0.25, 0.3) is 0 Å². The molecule has 0 saturated heterocycles. The topological polar surface area (TPSA) is 75.6 Å². The van der Waals surface area contributed by atoms with Crippen LogP contribution in [0, 0.1) is 5.82 Å². The summed E-state index contributed by atoms with van der Waals surface area (Å²) in [6.07, 6.45) is -0.578. The van der Waals surface area contributed by atoms with Gasteiger partial charge in [-0.2, -0.15) is 0 Å². The number of benzene rings is 2. The van der Waals surface area contributed by atoms with Crippen LogP contribution in [0.4, 0.5) is 4.39 Å². The van der Waals surface area contributed by atoms with E-state index in [9.17, 15) is 19.1 Å². The number of para-hydroxylation sites is 1. The standard InChI is InChI=1S/C19H20FNO4/c1-2-16(25-17-11-7-6-10-15(17)20)18(22)21-12-14(19(23)24)13-8-4-3-5-9-13/h3-11,14,16H,2,12H2,1H3,(H,21,22)(H,23,24). The fourth-order valence-electron chi connectivity index (χ4n) is 2.37. The zero-order valence-corrected chi connectivity index (χ0v) is 13.8. The van der Waals surface area contributed by atoms with Crippen LogP contribution in [-0.2, 0) is 9.59 Å². The molecule has 0 saturated carbocycles. The molecule has 6 heteroatoms. The van der Waals surface area contributed by atoms with Gasteiger partial charge in [-0.25, -0.2) is 4.39 Å². The molecule has 0 spiro atoms. The van der Waals surface area contributed by atoms with Crippen molar-refractivity contribution in [2.45, 2.75) is 25.4 Å². The van der Waals surface area contributed by atoms with E-state index in [0.29, 0.717) is 12.0 Å². The zero-order chi connectivity index (χ0) is 18.2. The molecule has 0 heterocycles. The van der Waals surface area contributed by atoms with Crippen molar-refractivity contribution >= 4 is 11.9 Å². The van der Waals surface area contributed by atoms with Gasteiger partial charge in [0.1, 0.15) is 0 Å². The normalized spacial score (nSPS) is 12.9. The van der Waals surface area contributed by atoms with Gasteiger partial charge in [-0.3, -0.25) is 9.59 Å². The van der Waals surface area contributed by atoms with Gasteiger partial charge in [0.25, 0.3) is 5.91 Å². The molecular weight excluding hydrogens is 325 g/mol. The van der Waals surface area contributed by atoms with Crippen molar-refractivity contribution in [3.05, 3.63) is 66.0 Å². The van der Waals surface area contributed by atoms with Crippen LogP contribution in [-0.4, -0.2) is 29.6 Å². The third-order valence-corrected chi connectivity index (χ3v) is 3.75. The first kappa shape index (κ1) is 18.4. The van der Waals surface area contributed by atoms with Crippen molar-refractivity contribution in [2.24, 2.45) is 0 Å². The molecule has 0 aliphatic rings. The highest BCUT2D eigenvalue weighted by Gasteiger charge is 2.24. The maximum Gasteiger partial charge on any atom is 0.312 e. The molecule has 0 fully saturated rings. The molecule has 2 aromatic rings. The van der Waals surface area contributed by atoms with Gasteiger partial charge in [0.05, 0.1) is 5.92 Å². The van der Waals surface area contributed by atoms with E-state index in [-0.39, 0.29) is 12.3 Å². The Bertz CT molecular complexity index is 720. The van der Waals surface area contributed by atoms with Crippen molar-refractivity contribution < 1.29 is 23.8 Å². The molecule has 2 unspecified atom stereocenters. The van der Waals surface area contributed by atoms with Gasteiger partial charge in [0.15, 0.2) is 17.7 Å². The number of rotatable bonds is 8. The third kappa shape index (κ3) is 5.04. The summed E-state index contributed by atoms with van der Waals surface area (Å²) in [5, 5.41) is 12.0. The number of carbonyl (C=O) groups is 2. The fraction of sp³-hybridized carbons (Fsp3) is 0.263. The highest BCUT2D eigenvalue weighted by molar-refractivity contribution is 5.83. The highest BCUT2D eigenvalue weighted by atomic mass is 19.1. The minimum Gasteiger partial charge on any atom is -0.481 e. The number of hydrogen-bond acceptors (Lipinski definition) is 3. The number of hydrogen-bond donors (Lipinski definition) is 2. The largest absolute Gasteiger partial charge is 0.481 e.